The summed E-state index contributed by atoms with van der Waals surface area (Å²) in [4.78, 5) is 25.5. The van der Waals surface area contributed by atoms with Crippen LogP contribution in [0.1, 0.15) is 32.3 Å². The standard InChI is InChI=1S/C15H19NO2/c1-3-12-6-4-7-13(10-12)16-9-5-8-14(11(2)17)15(16)18/h4,6-7,10,14H,3,5,8-9H2,1-2H3/t14-/m1/s1. The van der Waals surface area contributed by atoms with Crippen molar-refractivity contribution in [3.8, 4) is 0 Å². The maximum atomic E-state index is 12.3. The van der Waals surface area contributed by atoms with E-state index < -0.39 is 5.92 Å². The number of aryl methyl sites for hydroxylation is 1. The Morgan fingerprint density at radius 3 is 2.89 bits per heavy atom. The minimum atomic E-state index is -0.441. The maximum absolute atomic E-state index is 12.3. The van der Waals surface area contributed by atoms with Crippen molar-refractivity contribution in [1.82, 2.24) is 0 Å². The number of hydrogen-bond acceptors (Lipinski definition) is 2. The van der Waals surface area contributed by atoms with Crippen molar-refractivity contribution in [1.29, 1.82) is 0 Å². The fourth-order valence-electron chi connectivity index (χ4n) is 2.45. The monoisotopic (exact) mass is 245 g/mol. The first-order valence-corrected chi connectivity index (χ1v) is 6.54. The third-order valence-corrected chi connectivity index (χ3v) is 3.56. The minimum absolute atomic E-state index is 0.0173. The second-order valence-corrected chi connectivity index (χ2v) is 4.82. The van der Waals surface area contributed by atoms with E-state index in [2.05, 4.69) is 13.0 Å². The van der Waals surface area contributed by atoms with Crippen LogP contribution in [0, 0.1) is 5.92 Å². The number of rotatable bonds is 3. The van der Waals surface area contributed by atoms with E-state index >= 15 is 0 Å². The van der Waals surface area contributed by atoms with Gasteiger partial charge in [0.1, 0.15) is 5.78 Å². The van der Waals surface area contributed by atoms with Crippen molar-refractivity contribution >= 4 is 17.4 Å². The summed E-state index contributed by atoms with van der Waals surface area (Å²) in [5, 5.41) is 0. The van der Waals surface area contributed by atoms with Gasteiger partial charge in [-0.3, -0.25) is 9.59 Å². The lowest BCUT2D eigenvalue weighted by atomic mass is 9.93. The molecule has 0 N–H and O–H groups in total. The lowest BCUT2D eigenvalue weighted by molar-refractivity contribution is -0.132. The van der Waals surface area contributed by atoms with E-state index in [0.29, 0.717) is 6.42 Å². The van der Waals surface area contributed by atoms with Gasteiger partial charge in [0.15, 0.2) is 0 Å². The van der Waals surface area contributed by atoms with E-state index in [1.54, 1.807) is 4.90 Å². The number of benzene rings is 1. The van der Waals surface area contributed by atoms with Gasteiger partial charge >= 0.3 is 0 Å². The second kappa shape index (κ2) is 5.34. The molecular formula is C15H19NO2. The number of hydrogen-bond donors (Lipinski definition) is 0. The van der Waals surface area contributed by atoms with Crippen LogP contribution in [-0.4, -0.2) is 18.2 Å². The van der Waals surface area contributed by atoms with Crippen LogP contribution in [0.3, 0.4) is 0 Å². The zero-order valence-electron chi connectivity index (χ0n) is 11.0. The van der Waals surface area contributed by atoms with Crippen LogP contribution >= 0.6 is 0 Å². The Hall–Kier alpha value is -1.64. The van der Waals surface area contributed by atoms with Crippen molar-refractivity contribution in [3.05, 3.63) is 29.8 Å². The molecule has 0 radical (unpaired) electrons. The molecule has 1 aliphatic rings. The molecule has 1 aromatic carbocycles. The SMILES string of the molecule is CCc1cccc(N2CCC[C@H](C(C)=O)C2=O)c1. The fourth-order valence-corrected chi connectivity index (χ4v) is 2.45. The molecule has 1 amide bonds. The largest absolute Gasteiger partial charge is 0.312 e. The van der Waals surface area contributed by atoms with Gasteiger partial charge in [0.05, 0.1) is 5.92 Å². The molecule has 0 bridgehead atoms. The average molecular weight is 245 g/mol. The van der Waals surface area contributed by atoms with Gasteiger partial charge in [0.2, 0.25) is 5.91 Å². The molecule has 1 aliphatic heterocycles. The number of carbonyl (C=O) groups is 2. The molecule has 96 valence electrons. The Morgan fingerprint density at radius 1 is 1.44 bits per heavy atom. The molecule has 3 nitrogen and oxygen atoms in total. The Balaban J connectivity index is 2.26. The van der Waals surface area contributed by atoms with Crippen LogP contribution in [-0.2, 0) is 16.0 Å². The highest BCUT2D eigenvalue weighted by atomic mass is 16.2. The quantitative estimate of drug-likeness (QED) is 0.767. The highest BCUT2D eigenvalue weighted by Gasteiger charge is 2.32. The summed E-state index contributed by atoms with van der Waals surface area (Å²) in [5.41, 5.74) is 2.13. The molecule has 1 atom stereocenters. The fraction of sp³-hybridized carbons (Fsp3) is 0.467. The van der Waals surface area contributed by atoms with E-state index in [4.69, 9.17) is 0 Å². The molecule has 3 heteroatoms. The molecule has 1 aromatic rings. The summed E-state index contributed by atoms with van der Waals surface area (Å²) in [6.07, 6.45) is 2.54. The van der Waals surface area contributed by atoms with E-state index in [-0.39, 0.29) is 11.7 Å². The van der Waals surface area contributed by atoms with E-state index in [1.807, 2.05) is 18.2 Å². The van der Waals surface area contributed by atoms with Crippen LogP contribution in [0.4, 0.5) is 5.69 Å². The van der Waals surface area contributed by atoms with Gasteiger partial charge in [-0.25, -0.2) is 0 Å². The predicted octanol–water partition coefficient (Wildman–Crippen LogP) is 2.58. The number of piperidine rings is 1. The zero-order valence-corrected chi connectivity index (χ0v) is 11.0. The van der Waals surface area contributed by atoms with Crippen molar-refractivity contribution in [3.63, 3.8) is 0 Å². The normalized spacial score (nSPS) is 20.0. The minimum Gasteiger partial charge on any atom is -0.312 e. The van der Waals surface area contributed by atoms with Crippen molar-refractivity contribution in [2.45, 2.75) is 33.1 Å². The molecule has 1 fully saturated rings. The van der Waals surface area contributed by atoms with Crippen LogP contribution in [0.25, 0.3) is 0 Å². The first-order chi connectivity index (χ1) is 8.63. The smallest absolute Gasteiger partial charge is 0.237 e. The van der Waals surface area contributed by atoms with Crippen LogP contribution in [0.2, 0.25) is 0 Å². The summed E-state index contributed by atoms with van der Waals surface area (Å²) < 4.78 is 0. The first-order valence-electron chi connectivity index (χ1n) is 6.54. The third kappa shape index (κ3) is 2.45. The van der Waals surface area contributed by atoms with E-state index in [1.165, 1.54) is 12.5 Å². The number of Topliss-reactive ketones (excluding diaryl/α,β-unsaturated/α-hetero) is 1. The molecular weight excluding hydrogens is 226 g/mol. The van der Waals surface area contributed by atoms with Crippen molar-refractivity contribution in [2.24, 2.45) is 5.92 Å². The number of anilines is 1. The summed E-state index contributed by atoms with van der Waals surface area (Å²) in [6, 6.07) is 8.01. The molecule has 0 aliphatic carbocycles. The summed E-state index contributed by atoms with van der Waals surface area (Å²) in [7, 11) is 0. The van der Waals surface area contributed by atoms with Crippen LogP contribution in [0.15, 0.2) is 24.3 Å². The highest BCUT2D eigenvalue weighted by molar-refractivity contribution is 6.08. The predicted molar refractivity (Wildman–Crippen MR) is 71.6 cm³/mol. The number of ketones is 1. The van der Waals surface area contributed by atoms with Gasteiger partial charge in [-0.2, -0.15) is 0 Å². The molecule has 0 aromatic heterocycles. The van der Waals surface area contributed by atoms with E-state index in [9.17, 15) is 9.59 Å². The van der Waals surface area contributed by atoms with Crippen LogP contribution < -0.4 is 4.90 Å². The molecule has 0 spiro atoms. The molecule has 0 unspecified atom stereocenters. The number of carbonyl (C=O) groups excluding carboxylic acids is 2. The van der Waals surface area contributed by atoms with Gasteiger partial charge in [-0.15, -0.1) is 0 Å². The summed E-state index contributed by atoms with van der Waals surface area (Å²) in [6.45, 7) is 4.32. The van der Waals surface area contributed by atoms with Crippen LogP contribution in [0.5, 0.6) is 0 Å². The topological polar surface area (TPSA) is 37.4 Å². The number of amides is 1. The maximum Gasteiger partial charge on any atom is 0.237 e. The Bertz CT molecular complexity index is 467. The molecule has 1 saturated heterocycles. The lowest BCUT2D eigenvalue weighted by Gasteiger charge is -2.31. The summed E-state index contributed by atoms with van der Waals surface area (Å²) in [5.74, 6) is -0.498. The third-order valence-electron chi connectivity index (χ3n) is 3.56. The molecule has 0 saturated carbocycles. The highest BCUT2D eigenvalue weighted by Crippen LogP contribution is 2.25. The average Bonchev–Trinajstić information content (AvgIpc) is 2.38. The van der Waals surface area contributed by atoms with Gasteiger partial charge in [-0.1, -0.05) is 19.1 Å². The lowest BCUT2D eigenvalue weighted by Crippen LogP contribution is -2.43. The van der Waals surface area contributed by atoms with Gasteiger partial charge in [0, 0.05) is 12.2 Å². The van der Waals surface area contributed by atoms with Gasteiger partial charge < -0.3 is 4.90 Å². The number of nitrogens with zero attached hydrogens (tertiary/aromatic N) is 1. The summed E-state index contributed by atoms with van der Waals surface area (Å²) >= 11 is 0. The van der Waals surface area contributed by atoms with Crippen molar-refractivity contribution < 1.29 is 9.59 Å². The Kier molecular flexibility index (Phi) is 3.80. The Morgan fingerprint density at radius 2 is 2.22 bits per heavy atom. The molecule has 1 heterocycles. The molecule has 18 heavy (non-hydrogen) atoms. The van der Waals surface area contributed by atoms with E-state index in [0.717, 1.165) is 25.1 Å². The Labute approximate surface area is 108 Å². The molecule has 2 rings (SSSR count). The first kappa shape index (κ1) is 12.8. The van der Waals surface area contributed by atoms with Gasteiger partial charge in [-0.05, 0) is 43.9 Å². The van der Waals surface area contributed by atoms with Gasteiger partial charge in [0.25, 0.3) is 0 Å². The van der Waals surface area contributed by atoms with Crippen molar-refractivity contribution in [2.75, 3.05) is 11.4 Å². The zero-order chi connectivity index (χ0) is 13.1. The second-order valence-electron chi connectivity index (χ2n) is 4.82.